The van der Waals surface area contributed by atoms with Gasteiger partial charge in [-0.15, -0.1) is 0 Å². The molecule has 0 aromatic heterocycles. The van der Waals surface area contributed by atoms with E-state index in [1.165, 1.54) is 0 Å². The topological polar surface area (TPSA) is 30.5 Å². The molecule has 5 heteroatoms. The summed E-state index contributed by atoms with van der Waals surface area (Å²) in [6.45, 7) is 6.69. The number of rotatable bonds is 11. The third kappa shape index (κ3) is 7.76. The molecule has 0 radical (unpaired) electrons. The van der Waals surface area contributed by atoms with Crippen LogP contribution in [0.1, 0.15) is 33.1 Å². The van der Waals surface area contributed by atoms with Crippen molar-refractivity contribution >= 4 is 28.9 Å². The first-order valence-corrected chi connectivity index (χ1v) is 9.85. The van der Waals surface area contributed by atoms with Gasteiger partial charge in [-0.3, -0.25) is 0 Å². The summed E-state index contributed by atoms with van der Waals surface area (Å²) >= 11 is 11.9. The Hall–Kier alpha value is -1.58. The summed E-state index contributed by atoms with van der Waals surface area (Å²) in [5.74, 6) is 2.26. The molecule has 0 unspecified atom stereocenters. The van der Waals surface area contributed by atoms with E-state index in [9.17, 15) is 0 Å². The Morgan fingerprint density at radius 3 is 2.38 bits per heavy atom. The number of hydrogen-bond donors (Lipinski definition) is 1. The van der Waals surface area contributed by atoms with Gasteiger partial charge in [-0.25, -0.2) is 0 Å². The number of nitrogens with one attached hydrogen (secondary N) is 1. The van der Waals surface area contributed by atoms with Crippen molar-refractivity contribution in [1.82, 2.24) is 0 Å². The summed E-state index contributed by atoms with van der Waals surface area (Å²) in [5, 5.41) is 4.57. The van der Waals surface area contributed by atoms with Crippen LogP contribution < -0.4 is 14.8 Å². The maximum Gasteiger partial charge on any atom is 0.137 e. The van der Waals surface area contributed by atoms with E-state index >= 15 is 0 Å². The third-order valence-electron chi connectivity index (χ3n) is 3.87. The molecule has 0 saturated carbocycles. The van der Waals surface area contributed by atoms with E-state index < -0.39 is 0 Å². The van der Waals surface area contributed by atoms with Crippen LogP contribution >= 0.6 is 23.2 Å². The molecule has 0 fully saturated rings. The van der Waals surface area contributed by atoms with Crippen molar-refractivity contribution < 1.29 is 9.47 Å². The van der Waals surface area contributed by atoms with E-state index in [2.05, 4.69) is 31.3 Å². The Kier molecular flexibility index (Phi) is 8.93. The van der Waals surface area contributed by atoms with Crippen molar-refractivity contribution in [3.8, 4) is 11.5 Å². The van der Waals surface area contributed by atoms with Crippen LogP contribution in [0.2, 0.25) is 10.0 Å². The van der Waals surface area contributed by atoms with Crippen molar-refractivity contribution in [3.63, 3.8) is 0 Å². The molecule has 0 heterocycles. The van der Waals surface area contributed by atoms with Crippen LogP contribution in [0.15, 0.2) is 42.5 Å². The van der Waals surface area contributed by atoms with E-state index in [1.807, 2.05) is 12.1 Å². The molecular formula is C21H27Cl2NO2. The zero-order valence-electron chi connectivity index (χ0n) is 15.4. The first kappa shape index (κ1) is 20.7. The molecule has 0 aliphatic rings. The van der Waals surface area contributed by atoms with Crippen LogP contribution in [-0.2, 0) is 0 Å². The Labute approximate surface area is 166 Å². The molecule has 26 heavy (non-hydrogen) atoms. The standard InChI is InChI=1S/C21H27Cl2NO2/c1-16(2)11-14-25-19-8-6-18(7-9-19)24-12-3-4-13-26-21-10-5-17(22)15-20(21)23/h5-10,15-16,24H,3-4,11-14H2,1-2H3. The molecule has 142 valence electrons. The molecule has 0 saturated heterocycles. The lowest BCUT2D eigenvalue weighted by Gasteiger charge is -2.11. The summed E-state index contributed by atoms with van der Waals surface area (Å²) in [7, 11) is 0. The van der Waals surface area contributed by atoms with Crippen LogP contribution in [0.5, 0.6) is 11.5 Å². The summed E-state index contributed by atoms with van der Waals surface area (Å²) in [5.41, 5.74) is 1.10. The normalized spacial score (nSPS) is 10.8. The van der Waals surface area contributed by atoms with E-state index in [0.717, 1.165) is 43.9 Å². The number of hydrogen-bond acceptors (Lipinski definition) is 3. The maximum atomic E-state index is 6.08. The minimum absolute atomic E-state index is 0.548. The average molecular weight is 396 g/mol. The molecule has 3 nitrogen and oxygen atoms in total. The van der Waals surface area contributed by atoms with Crippen molar-refractivity contribution in [1.29, 1.82) is 0 Å². The van der Waals surface area contributed by atoms with Crippen molar-refractivity contribution in [3.05, 3.63) is 52.5 Å². The second kappa shape index (κ2) is 11.2. The van der Waals surface area contributed by atoms with E-state index in [0.29, 0.717) is 28.3 Å². The second-order valence-corrected chi connectivity index (χ2v) is 7.46. The monoisotopic (exact) mass is 395 g/mol. The zero-order valence-corrected chi connectivity index (χ0v) is 16.9. The van der Waals surface area contributed by atoms with Crippen LogP contribution in [0, 0.1) is 5.92 Å². The molecule has 1 N–H and O–H groups in total. The number of benzene rings is 2. The van der Waals surface area contributed by atoms with E-state index in [-0.39, 0.29) is 0 Å². The van der Waals surface area contributed by atoms with Gasteiger partial charge < -0.3 is 14.8 Å². The molecule has 2 aromatic carbocycles. The molecule has 0 spiro atoms. The van der Waals surface area contributed by atoms with Crippen LogP contribution in [0.25, 0.3) is 0 Å². The van der Waals surface area contributed by atoms with Gasteiger partial charge in [0, 0.05) is 17.3 Å². The van der Waals surface area contributed by atoms with Crippen molar-refractivity contribution in [2.75, 3.05) is 25.1 Å². The second-order valence-electron chi connectivity index (χ2n) is 6.61. The van der Waals surface area contributed by atoms with Gasteiger partial charge in [0.2, 0.25) is 0 Å². The largest absolute Gasteiger partial charge is 0.494 e. The quantitative estimate of drug-likeness (QED) is 0.429. The number of ether oxygens (including phenoxy) is 2. The highest BCUT2D eigenvalue weighted by molar-refractivity contribution is 6.35. The summed E-state index contributed by atoms with van der Waals surface area (Å²) in [6.07, 6.45) is 3.03. The third-order valence-corrected chi connectivity index (χ3v) is 4.40. The smallest absolute Gasteiger partial charge is 0.137 e. The minimum Gasteiger partial charge on any atom is -0.494 e. The fourth-order valence-corrected chi connectivity index (χ4v) is 2.78. The van der Waals surface area contributed by atoms with Crippen molar-refractivity contribution in [2.24, 2.45) is 5.92 Å². The number of unbranched alkanes of at least 4 members (excludes halogenated alkanes) is 1. The molecule has 0 amide bonds. The first-order valence-electron chi connectivity index (χ1n) is 9.09. The highest BCUT2D eigenvalue weighted by Crippen LogP contribution is 2.27. The predicted molar refractivity (Wildman–Crippen MR) is 111 cm³/mol. The highest BCUT2D eigenvalue weighted by atomic mass is 35.5. The molecule has 0 aliphatic carbocycles. The van der Waals surface area contributed by atoms with E-state index in [1.54, 1.807) is 18.2 Å². The van der Waals surface area contributed by atoms with E-state index in [4.69, 9.17) is 32.7 Å². The fourth-order valence-electron chi connectivity index (χ4n) is 2.32. The lowest BCUT2D eigenvalue weighted by molar-refractivity contribution is 0.289. The highest BCUT2D eigenvalue weighted by Gasteiger charge is 2.02. The van der Waals surface area contributed by atoms with Gasteiger partial charge in [-0.1, -0.05) is 37.0 Å². The Balaban J connectivity index is 1.59. The van der Waals surface area contributed by atoms with Gasteiger partial charge >= 0.3 is 0 Å². The van der Waals surface area contributed by atoms with Gasteiger partial charge in [-0.05, 0) is 67.6 Å². The number of anilines is 1. The molecule has 0 aliphatic heterocycles. The van der Waals surface area contributed by atoms with Crippen molar-refractivity contribution in [2.45, 2.75) is 33.1 Å². The Morgan fingerprint density at radius 1 is 0.923 bits per heavy atom. The molecule has 2 aromatic rings. The van der Waals surface area contributed by atoms with Crippen LogP contribution in [0.3, 0.4) is 0 Å². The summed E-state index contributed by atoms with van der Waals surface area (Å²) in [6, 6.07) is 13.4. The Morgan fingerprint density at radius 2 is 1.69 bits per heavy atom. The van der Waals surface area contributed by atoms with Crippen LogP contribution in [0.4, 0.5) is 5.69 Å². The lowest BCUT2D eigenvalue weighted by Crippen LogP contribution is -2.05. The predicted octanol–water partition coefficient (Wildman–Crippen LogP) is 6.69. The SMILES string of the molecule is CC(C)CCOc1ccc(NCCCCOc2ccc(Cl)cc2Cl)cc1. The molecular weight excluding hydrogens is 369 g/mol. The van der Waals surface area contributed by atoms with Gasteiger partial charge in [0.25, 0.3) is 0 Å². The summed E-state index contributed by atoms with van der Waals surface area (Å²) in [4.78, 5) is 0. The first-order chi connectivity index (χ1) is 12.5. The van der Waals surface area contributed by atoms with Gasteiger partial charge in [0.1, 0.15) is 11.5 Å². The molecule has 0 bridgehead atoms. The lowest BCUT2D eigenvalue weighted by atomic mass is 10.1. The zero-order chi connectivity index (χ0) is 18.8. The van der Waals surface area contributed by atoms with Gasteiger partial charge in [-0.2, -0.15) is 0 Å². The van der Waals surface area contributed by atoms with Crippen LogP contribution in [-0.4, -0.2) is 19.8 Å². The average Bonchev–Trinajstić information content (AvgIpc) is 2.60. The maximum absolute atomic E-state index is 6.08. The summed E-state index contributed by atoms with van der Waals surface area (Å²) < 4.78 is 11.4. The Bertz CT molecular complexity index is 660. The minimum atomic E-state index is 0.548. The van der Waals surface area contributed by atoms with Gasteiger partial charge in [0.05, 0.1) is 18.2 Å². The van der Waals surface area contributed by atoms with Gasteiger partial charge in [0.15, 0.2) is 0 Å². The molecule has 0 atom stereocenters. The molecule has 2 rings (SSSR count). The number of halogens is 2. The fraction of sp³-hybridized carbons (Fsp3) is 0.429.